The van der Waals surface area contributed by atoms with E-state index in [2.05, 4.69) is 42.3 Å². The zero-order valence-corrected chi connectivity index (χ0v) is 13.1. The predicted molar refractivity (Wildman–Crippen MR) is 87.7 cm³/mol. The zero-order valence-electron chi connectivity index (χ0n) is 12.3. The van der Waals surface area contributed by atoms with Crippen molar-refractivity contribution in [3.63, 3.8) is 0 Å². The van der Waals surface area contributed by atoms with E-state index in [0.29, 0.717) is 12.6 Å². The molecule has 2 aromatic rings. The summed E-state index contributed by atoms with van der Waals surface area (Å²) < 4.78 is 5.59. The molecule has 2 N–H and O–H groups in total. The van der Waals surface area contributed by atoms with Gasteiger partial charge in [-0.1, -0.05) is 6.07 Å². The number of nitrogen functional groups attached to an aromatic ring is 1. The maximum Gasteiger partial charge on any atom is 0.123 e. The van der Waals surface area contributed by atoms with Gasteiger partial charge in [-0.2, -0.15) is 0 Å². The van der Waals surface area contributed by atoms with E-state index < -0.39 is 0 Å². The highest BCUT2D eigenvalue weighted by molar-refractivity contribution is 7.09. The maximum atomic E-state index is 6.00. The molecule has 20 heavy (non-hydrogen) atoms. The van der Waals surface area contributed by atoms with Gasteiger partial charge in [-0.05, 0) is 38.3 Å². The molecule has 2 rings (SSSR count). The molecule has 0 radical (unpaired) electrons. The van der Waals surface area contributed by atoms with Gasteiger partial charge in [-0.15, -0.1) is 11.3 Å². The van der Waals surface area contributed by atoms with E-state index in [1.807, 2.05) is 19.1 Å². The molecule has 0 bridgehead atoms. The average Bonchev–Trinajstić information content (AvgIpc) is 2.88. The Hall–Kier alpha value is -1.68. The van der Waals surface area contributed by atoms with Crippen LogP contribution >= 0.6 is 11.3 Å². The summed E-state index contributed by atoms with van der Waals surface area (Å²) in [5.74, 6) is 0.833. The second-order valence-electron chi connectivity index (χ2n) is 4.99. The number of ether oxygens (including phenoxy) is 1. The quantitative estimate of drug-likeness (QED) is 0.812. The molecular weight excluding hydrogens is 268 g/mol. The highest BCUT2D eigenvalue weighted by atomic mass is 32.1. The number of thiophene rings is 1. The van der Waals surface area contributed by atoms with E-state index in [9.17, 15) is 0 Å². The van der Waals surface area contributed by atoms with Gasteiger partial charge >= 0.3 is 0 Å². The lowest BCUT2D eigenvalue weighted by molar-refractivity contribution is 0.340. The molecule has 0 atom stereocenters. The smallest absolute Gasteiger partial charge is 0.123 e. The molecule has 3 nitrogen and oxygen atoms in total. The maximum absolute atomic E-state index is 6.00. The number of benzene rings is 1. The molecule has 1 aromatic carbocycles. The van der Waals surface area contributed by atoms with Crippen LogP contribution in [-0.2, 0) is 6.54 Å². The lowest BCUT2D eigenvalue weighted by Gasteiger charge is -2.29. The van der Waals surface area contributed by atoms with E-state index in [1.54, 1.807) is 11.3 Å². The zero-order chi connectivity index (χ0) is 14.5. The molecule has 0 aliphatic heterocycles. The van der Waals surface area contributed by atoms with Gasteiger partial charge in [0.2, 0.25) is 0 Å². The third-order valence-corrected chi connectivity index (χ3v) is 3.95. The second-order valence-corrected chi connectivity index (χ2v) is 6.03. The van der Waals surface area contributed by atoms with E-state index >= 15 is 0 Å². The minimum absolute atomic E-state index is 0.397. The van der Waals surface area contributed by atoms with Crippen LogP contribution in [0.3, 0.4) is 0 Å². The molecule has 0 fully saturated rings. The topological polar surface area (TPSA) is 38.5 Å². The fraction of sp³-hybridized carbons (Fsp3) is 0.375. The van der Waals surface area contributed by atoms with Gasteiger partial charge in [0.1, 0.15) is 5.75 Å². The summed E-state index contributed by atoms with van der Waals surface area (Å²) in [5, 5.41) is 2.11. The first-order chi connectivity index (χ1) is 9.60. The van der Waals surface area contributed by atoms with Crippen molar-refractivity contribution in [3.8, 4) is 5.75 Å². The normalized spacial score (nSPS) is 10.8. The summed E-state index contributed by atoms with van der Waals surface area (Å²) in [6, 6.07) is 10.6. The van der Waals surface area contributed by atoms with Gasteiger partial charge in [0.25, 0.3) is 0 Å². The van der Waals surface area contributed by atoms with Crippen LogP contribution in [0.2, 0.25) is 0 Å². The van der Waals surface area contributed by atoms with Crippen LogP contribution < -0.4 is 15.4 Å². The van der Waals surface area contributed by atoms with Gasteiger partial charge in [-0.3, -0.25) is 0 Å². The van der Waals surface area contributed by atoms with Crippen molar-refractivity contribution in [2.75, 3.05) is 17.2 Å². The van der Waals surface area contributed by atoms with Crippen molar-refractivity contribution in [1.82, 2.24) is 0 Å². The lowest BCUT2D eigenvalue weighted by Crippen LogP contribution is -2.29. The lowest BCUT2D eigenvalue weighted by atomic mass is 10.2. The molecule has 0 unspecified atom stereocenters. The molecule has 4 heteroatoms. The minimum Gasteiger partial charge on any atom is -0.494 e. The fourth-order valence-electron chi connectivity index (χ4n) is 2.16. The Kier molecular flexibility index (Phi) is 4.90. The summed E-state index contributed by atoms with van der Waals surface area (Å²) in [6.45, 7) is 7.91. The second kappa shape index (κ2) is 6.66. The summed E-state index contributed by atoms with van der Waals surface area (Å²) in [4.78, 5) is 3.68. The molecule has 0 spiro atoms. The Labute approximate surface area is 125 Å². The number of hydrogen-bond donors (Lipinski definition) is 1. The van der Waals surface area contributed by atoms with E-state index in [-0.39, 0.29) is 0 Å². The SMILES string of the molecule is CCOc1cc(N)cc(N(Cc2cccs2)C(C)C)c1. The molecule has 1 heterocycles. The Morgan fingerprint density at radius 2 is 2.10 bits per heavy atom. The highest BCUT2D eigenvalue weighted by Crippen LogP contribution is 2.29. The van der Waals surface area contributed by atoms with Crippen LogP contribution in [0.5, 0.6) is 5.75 Å². The van der Waals surface area contributed by atoms with Gasteiger partial charge in [0, 0.05) is 34.4 Å². The number of hydrogen-bond acceptors (Lipinski definition) is 4. The third-order valence-electron chi connectivity index (χ3n) is 3.09. The number of rotatable bonds is 6. The summed E-state index contributed by atoms with van der Waals surface area (Å²) >= 11 is 1.78. The Morgan fingerprint density at radius 3 is 2.70 bits per heavy atom. The molecule has 108 valence electrons. The molecule has 1 aromatic heterocycles. The number of nitrogens with two attached hydrogens (primary N) is 1. The van der Waals surface area contributed by atoms with Gasteiger partial charge < -0.3 is 15.4 Å². The largest absolute Gasteiger partial charge is 0.494 e. The van der Waals surface area contributed by atoms with Crippen LogP contribution in [0.25, 0.3) is 0 Å². The van der Waals surface area contributed by atoms with Crippen molar-refractivity contribution in [1.29, 1.82) is 0 Å². The Bertz CT molecular complexity index is 537. The summed E-state index contributed by atoms with van der Waals surface area (Å²) in [7, 11) is 0. The predicted octanol–water partition coefficient (Wildman–Crippen LogP) is 4.14. The standard InChI is InChI=1S/C16H22N2OS/c1-4-19-15-9-13(17)8-14(10-15)18(12(2)3)11-16-6-5-7-20-16/h5-10,12H,4,11,17H2,1-3H3. The summed E-state index contributed by atoms with van der Waals surface area (Å²) in [5.41, 5.74) is 7.84. The molecule has 0 aliphatic rings. The average molecular weight is 290 g/mol. The van der Waals surface area contributed by atoms with Crippen molar-refractivity contribution in [2.24, 2.45) is 0 Å². The van der Waals surface area contributed by atoms with E-state index in [0.717, 1.165) is 23.7 Å². The first kappa shape index (κ1) is 14.7. The molecular formula is C16H22N2OS. The first-order valence-corrected chi connectivity index (χ1v) is 7.80. The Morgan fingerprint density at radius 1 is 1.30 bits per heavy atom. The molecule has 0 amide bonds. The monoisotopic (exact) mass is 290 g/mol. The van der Waals surface area contributed by atoms with Crippen molar-refractivity contribution >= 4 is 22.7 Å². The Balaban J connectivity index is 2.28. The minimum atomic E-state index is 0.397. The van der Waals surface area contributed by atoms with Crippen LogP contribution in [0.4, 0.5) is 11.4 Å². The van der Waals surface area contributed by atoms with Crippen LogP contribution in [0.15, 0.2) is 35.7 Å². The fourth-order valence-corrected chi connectivity index (χ4v) is 2.87. The van der Waals surface area contributed by atoms with Crippen molar-refractivity contribution in [3.05, 3.63) is 40.6 Å². The highest BCUT2D eigenvalue weighted by Gasteiger charge is 2.13. The first-order valence-electron chi connectivity index (χ1n) is 6.92. The van der Waals surface area contributed by atoms with Crippen molar-refractivity contribution in [2.45, 2.75) is 33.4 Å². The van der Waals surface area contributed by atoms with Gasteiger partial charge in [0.15, 0.2) is 0 Å². The van der Waals surface area contributed by atoms with Crippen LogP contribution in [0, 0.1) is 0 Å². The van der Waals surface area contributed by atoms with Gasteiger partial charge in [-0.25, -0.2) is 0 Å². The van der Waals surface area contributed by atoms with Gasteiger partial charge in [0.05, 0.1) is 13.2 Å². The van der Waals surface area contributed by atoms with E-state index in [1.165, 1.54) is 4.88 Å². The third kappa shape index (κ3) is 3.67. The summed E-state index contributed by atoms with van der Waals surface area (Å²) in [6.07, 6.45) is 0. The molecule has 0 aliphatic carbocycles. The van der Waals surface area contributed by atoms with Crippen molar-refractivity contribution < 1.29 is 4.74 Å². The van der Waals surface area contributed by atoms with E-state index in [4.69, 9.17) is 10.5 Å². The molecule has 0 saturated heterocycles. The number of anilines is 2. The van der Waals surface area contributed by atoms with Crippen LogP contribution in [-0.4, -0.2) is 12.6 Å². The molecule has 0 saturated carbocycles. The van der Waals surface area contributed by atoms with Crippen LogP contribution in [0.1, 0.15) is 25.6 Å². The number of nitrogens with zero attached hydrogens (tertiary/aromatic N) is 1.